The molecule has 0 aliphatic carbocycles. The molecule has 0 amide bonds. The van der Waals surface area contributed by atoms with Crippen LogP contribution >= 0.6 is 0 Å². The fourth-order valence-corrected chi connectivity index (χ4v) is 1.80. The van der Waals surface area contributed by atoms with Crippen LogP contribution < -0.4 is 10.1 Å². The first-order valence-electron chi connectivity index (χ1n) is 6.14. The van der Waals surface area contributed by atoms with E-state index in [9.17, 15) is 9.50 Å². The number of nitrogens with one attached hydrogen (secondary N) is 1. The van der Waals surface area contributed by atoms with Gasteiger partial charge in [-0.1, -0.05) is 26.0 Å². The van der Waals surface area contributed by atoms with E-state index in [0.717, 1.165) is 0 Å². The third-order valence-corrected chi connectivity index (χ3v) is 2.69. The molecule has 102 valence electrons. The SMILES string of the molecule is Cc1cccc(OCC(C)(CO)NC(C)C)c1F. The Kier molecular flexibility index (Phi) is 5.11. The maximum atomic E-state index is 13.7. The highest BCUT2D eigenvalue weighted by molar-refractivity contribution is 5.30. The van der Waals surface area contributed by atoms with Crippen molar-refractivity contribution in [2.45, 2.75) is 39.3 Å². The van der Waals surface area contributed by atoms with E-state index in [4.69, 9.17) is 4.74 Å². The van der Waals surface area contributed by atoms with Crippen molar-refractivity contribution in [2.24, 2.45) is 0 Å². The van der Waals surface area contributed by atoms with Gasteiger partial charge in [0.15, 0.2) is 11.6 Å². The molecule has 1 aromatic rings. The zero-order valence-corrected chi connectivity index (χ0v) is 11.5. The summed E-state index contributed by atoms with van der Waals surface area (Å²) in [6, 6.07) is 5.25. The summed E-state index contributed by atoms with van der Waals surface area (Å²) in [5.74, 6) is -0.123. The first kappa shape index (κ1) is 14.9. The minimum Gasteiger partial charge on any atom is -0.488 e. The molecular weight excluding hydrogens is 233 g/mol. The fourth-order valence-electron chi connectivity index (χ4n) is 1.80. The Balaban J connectivity index is 2.71. The van der Waals surface area contributed by atoms with Crippen molar-refractivity contribution in [3.05, 3.63) is 29.6 Å². The van der Waals surface area contributed by atoms with E-state index in [1.54, 1.807) is 25.1 Å². The van der Waals surface area contributed by atoms with Gasteiger partial charge in [0.2, 0.25) is 0 Å². The lowest BCUT2D eigenvalue weighted by molar-refractivity contribution is 0.106. The molecule has 0 saturated carbocycles. The van der Waals surface area contributed by atoms with Crippen molar-refractivity contribution in [3.8, 4) is 5.75 Å². The Morgan fingerprint density at radius 1 is 1.44 bits per heavy atom. The molecule has 18 heavy (non-hydrogen) atoms. The van der Waals surface area contributed by atoms with E-state index in [-0.39, 0.29) is 30.8 Å². The molecule has 0 heterocycles. The third-order valence-electron chi connectivity index (χ3n) is 2.69. The van der Waals surface area contributed by atoms with Crippen molar-refractivity contribution >= 4 is 0 Å². The predicted molar refractivity (Wildman–Crippen MR) is 70.4 cm³/mol. The van der Waals surface area contributed by atoms with Gasteiger partial charge in [-0.3, -0.25) is 0 Å². The average molecular weight is 255 g/mol. The molecule has 3 nitrogen and oxygen atoms in total. The van der Waals surface area contributed by atoms with Gasteiger partial charge in [-0.15, -0.1) is 0 Å². The van der Waals surface area contributed by atoms with E-state index < -0.39 is 5.54 Å². The van der Waals surface area contributed by atoms with E-state index in [1.165, 1.54) is 0 Å². The van der Waals surface area contributed by atoms with Crippen molar-refractivity contribution < 1.29 is 14.2 Å². The summed E-state index contributed by atoms with van der Waals surface area (Å²) in [7, 11) is 0. The van der Waals surface area contributed by atoms with Gasteiger partial charge in [-0.25, -0.2) is 4.39 Å². The molecule has 0 aliphatic heterocycles. The number of hydrogen-bond donors (Lipinski definition) is 2. The number of aryl methyl sites for hydroxylation is 1. The Morgan fingerprint density at radius 3 is 2.67 bits per heavy atom. The Bertz CT molecular complexity index is 395. The number of ether oxygens (including phenoxy) is 1. The van der Waals surface area contributed by atoms with Crippen molar-refractivity contribution in [1.82, 2.24) is 5.32 Å². The van der Waals surface area contributed by atoms with E-state index in [2.05, 4.69) is 5.32 Å². The second kappa shape index (κ2) is 6.16. The molecule has 0 aromatic heterocycles. The van der Waals surface area contributed by atoms with E-state index >= 15 is 0 Å². The number of benzene rings is 1. The molecule has 0 bridgehead atoms. The Labute approximate surface area is 108 Å². The molecule has 0 aliphatic rings. The Hall–Kier alpha value is -1.13. The highest BCUT2D eigenvalue weighted by atomic mass is 19.1. The molecule has 0 spiro atoms. The zero-order valence-electron chi connectivity index (χ0n) is 11.5. The summed E-state index contributed by atoms with van der Waals surface area (Å²) in [5.41, 5.74) is -0.0281. The second-order valence-corrected chi connectivity index (χ2v) is 5.19. The summed E-state index contributed by atoms with van der Waals surface area (Å²) in [6.45, 7) is 7.66. The smallest absolute Gasteiger partial charge is 0.167 e. The lowest BCUT2D eigenvalue weighted by atomic mass is 10.0. The normalized spacial score (nSPS) is 14.6. The summed E-state index contributed by atoms with van der Waals surface area (Å²) < 4.78 is 19.2. The fraction of sp³-hybridized carbons (Fsp3) is 0.571. The molecule has 4 heteroatoms. The number of hydrogen-bond acceptors (Lipinski definition) is 3. The van der Waals surface area contributed by atoms with Crippen LogP contribution in [0.5, 0.6) is 5.75 Å². The van der Waals surface area contributed by atoms with Crippen LogP contribution in [0, 0.1) is 12.7 Å². The molecule has 2 N–H and O–H groups in total. The predicted octanol–water partition coefficient (Wildman–Crippen LogP) is 2.26. The number of halogens is 1. The molecule has 1 atom stereocenters. The van der Waals surface area contributed by atoms with Gasteiger partial charge in [-0.05, 0) is 25.5 Å². The highest BCUT2D eigenvalue weighted by Crippen LogP contribution is 2.20. The summed E-state index contributed by atoms with van der Waals surface area (Å²) >= 11 is 0. The number of aliphatic hydroxyl groups is 1. The van der Waals surface area contributed by atoms with Gasteiger partial charge in [0.05, 0.1) is 12.1 Å². The second-order valence-electron chi connectivity index (χ2n) is 5.19. The van der Waals surface area contributed by atoms with E-state index in [0.29, 0.717) is 5.56 Å². The summed E-state index contributed by atoms with van der Waals surface area (Å²) in [4.78, 5) is 0. The monoisotopic (exact) mass is 255 g/mol. The minimum absolute atomic E-state index is 0.0708. The lowest BCUT2D eigenvalue weighted by Crippen LogP contribution is -2.53. The maximum Gasteiger partial charge on any atom is 0.167 e. The third kappa shape index (κ3) is 3.96. The largest absolute Gasteiger partial charge is 0.488 e. The van der Waals surface area contributed by atoms with Crippen LogP contribution in [-0.2, 0) is 0 Å². The summed E-state index contributed by atoms with van der Waals surface area (Å²) in [6.07, 6.45) is 0. The molecule has 1 aromatic carbocycles. The van der Waals surface area contributed by atoms with Gasteiger partial charge in [0, 0.05) is 6.04 Å². The van der Waals surface area contributed by atoms with Crippen molar-refractivity contribution in [1.29, 1.82) is 0 Å². The topological polar surface area (TPSA) is 41.5 Å². The maximum absolute atomic E-state index is 13.7. The first-order valence-corrected chi connectivity index (χ1v) is 6.14. The average Bonchev–Trinajstić information content (AvgIpc) is 2.30. The highest BCUT2D eigenvalue weighted by Gasteiger charge is 2.25. The van der Waals surface area contributed by atoms with Crippen LogP contribution in [0.1, 0.15) is 26.3 Å². The van der Waals surface area contributed by atoms with Gasteiger partial charge >= 0.3 is 0 Å². The van der Waals surface area contributed by atoms with Crippen LogP contribution in [-0.4, -0.2) is 29.9 Å². The van der Waals surface area contributed by atoms with Gasteiger partial charge in [0.1, 0.15) is 6.61 Å². The molecule has 0 saturated heterocycles. The molecule has 0 radical (unpaired) electrons. The van der Waals surface area contributed by atoms with Crippen molar-refractivity contribution in [3.63, 3.8) is 0 Å². The molecule has 1 rings (SSSR count). The van der Waals surface area contributed by atoms with E-state index in [1.807, 2.05) is 20.8 Å². The quantitative estimate of drug-likeness (QED) is 0.819. The molecular formula is C14H22FNO2. The zero-order chi connectivity index (χ0) is 13.8. The minimum atomic E-state index is -0.579. The van der Waals surface area contributed by atoms with Gasteiger partial charge < -0.3 is 15.2 Å². The lowest BCUT2D eigenvalue weighted by Gasteiger charge is -2.31. The summed E-state index contributed by atoms with van der Waals surface area (Å²) in [5, 5.41) is 12.6. The Morgan fingerprint density at radius 2 is 2.11 bits per heavy atom. The van der Waals surface area contributed by atoms with Crippen LogP contribution in [0.15, 0.2) is 18.2 Å². The van der Waals surface area contributed by atoms with Crippen LogP contribution in [0.4, 0.5) is 4.39 Å². The standard InChI is InChI=1S/C14H22FNO2/c1-10(2)16-14(4,8-17)9-18-12-7-5-6-11(3)13(12)15/h5-7,10,16-17H,8-9H2,1-4H3. The van der Waals surface area contributed by atoms with Crippen molar-refractivity contribution in [2.75, 3.05) is 13.2 Å². The number of rotatable bonds is 6. The van der Waals surface area contributed by atoms with Crippen LogP contribution in [0.2, 0.25) is 0 Å². The van der Waals surface area contributed by atoms with Gasteiger partial charge in [0.25, 0.3) is 0 Å². The van der Waals surface area contributed by atoms with Crippen LogP contribution in [0.25, 0.3) is 0 Å². The molecule has 1 unspecified atom stereocenters. The van der Waals surface area contributed by atoms with Crippen LogP contribution in [0.3, 0.4) is 0 Å². The first-order chi connectivity index (χ1) is 8.38. The van der Waals surface area contributed by atoms with Gasteiger partial charge in [-0.2, -0.15) is 0 Å². The number of aliphatic hydroxyl groups excluding tert-OH is 1. The molecule has 0 fully saturated rings.